The van der Waals surface area contributed by atoms with Gasteiger partial charge in [0.05, 0.1) is 12.6 Å². The van der Waals surface area contributed by atoms with Crippen LogP contribution in [-0.4, -0.2) is 12.1 Å². The summed E-state index contributed by atoms with van der Waals surface area (Å²) in [4.78, 5) is 4.62. The number of methoxy groups -OCH3 is 1. The summed E-state index contributed by atoms with van der Waals surface area (Å²) in [6.07, 6.45) is 0. The molecule has 2 aromatic carbocycles. The molecular weight excluding hydrogens is 298 g/mol. The number of anilines is 3. The lowest BCUT2D eigenvalue weighted by Gasteiger charge is -2.10. The number of nitrogens with one attached hydrogen (secondary N) is 1. The van der Waals surface area contributed by atoms with Crippen LogP contribution in [0.1, 0.15) is 5.56 Å². The van der Waals surface area contributed by atoms with Crippen molar-refractivity contribution in [1.29, 1.82) is 0 Å². The molecule has 0 amide bonds. The van der Waals surface area contributed by atoms with Gasteiger partial charge < -0.3 is 15.8 Å². The normalized spacial score (nSPS) is 10.1. The quantitative estimate of drug-likeness (QED) is 0.707. The van der Waals surface area contributed by atoms with Crippen LogP contribution in [0.15, 0.2) is 48.5 Å². The van der Waals surface area contributed by atoms with Crippen molar-refractivity contribution in [1.82, 2.24) is 4.98 Å². The van der Waals surface area contributed by atoms with E-state index in [9.17, 15) is 0 Å². The summed E-state index contributed by atoms with van der Waals surface area (Å²) in [7, 11) is 1.66. The third kappa shape index (κ3) is 3.23. The standard InChI is InChI=1S/C17H17N3O.ClH/c1-11-9-17(19-13-4-6-14(21-2)7-5-13)20-16-8-3-12(18)10-15(11)16;/h3-10H,18H2,1-2H3,(H,19,20);1H. The number of nitrogens with zero attached hydrogens (tertiary/aromatic N) is 1. The van der Waals surface area contributed by atoms with Gasteiger partial charge in [-0.15, -0.1) is 12.4 Å². The molecule has 4 nitrogen and oxygen atoms in total. The van der Waals surface area contributed by atoms with Crippen molar-refractivity contribution in [3.8, 4) is 5.75 Å². The second kappa shape index (κ2) is 6.54. The predicted octanol–water partition coefficient (Wildman–Crippen LogP) is 4.30. The van der Waals surface area contributed by atoms with Crippen molar-refractivity contribution in [3.05, 3.63) is 54.1 Å². The Morgan fingerprint density at radius 2 is 1.77 bits per heavy atom. The number of aryl methyl sites for hydroxylation is 1. The Kier molecular flexibility index (Phi) is 4.73. The van der Waals surface area contributed by atoms with Gasteiger partial charge in [0, 0.05) is 16.8 Å². The van der Waals surface area contributed by atoms with Gasteiger partial charge in [-0.2, -0.15) is 0 Å². The molecule has 0 saturated heterocycles. The second-order valence-corrected chi connectivity index (χ2v) is 4.95. The maximum absolute atomic E-state index is 5.83. The van der Waals surface area contributed by atoms with E-state index >= 15 is 0 Å². The molecule has 0 saturated carbocycles. The zero-order chi connectivity index (χ0) is 14.8. The van der Waals surface area contributed by atoms with Gasteiger partial charge in [-0.3, -0.25) is 0 Å². The zero-order valence-corrected chi connectivity index (χ0v) is 13.3. The fourth-order valence-electron chi connectivity index (χ4n) is 2.30. The second-order valence-electron chi connectivity index (χ2n) is 4.95. The summed E-state index contributed by atoms with van der Waals surface area (Å²) >= 11 is 0. The predicted molar refractivity (Wildman–Crippen MR) is 94.4 cm³/mol. The monoisotopic (exact) mass is 315 g/mol. The Bertz CT molecular complexity index is 788. The number of nitrogens with two attached hydrogens (primary N) is 1. The number of nitrogen functional groups attached to an aromatic ring is 1. The molecule has 3 rings (SSSR count). The maximum atomic E-state index is 5.83. The van der Waals surface area contributed by atoms with Crippen LogP contribution < -0.4 is 15.8 Å². The molecular formula is C17H18ClN3O. The number of halogens is 1. The molecule has 114 valence electrons. The summed E-state index contributed by atoms with van der Waals surface area (Å²) in [5, 5.41) is 4.38. The number of hydrogen-bond donors (Lipinski definition) is 2. The van der Waals surface area contributed by atoms with Gasteiger partial charge in [-0.1, -0.05) is 0 Å². The first kappa shape index (κ1) is 15.9. The molecule has 0 aliphatic carbocycles. The number of hydrogen-bond acceptors (Lipinski definition) is 4. The molecule has 1 heterocycles. The molecule has 0 bridgehead atoms. The van der Waals surface area contributed by atoms with Crippen LogP contribution in [0.5, 0.6) is 5.75 Å². The topological polar surface area (TPSA) is 60.2 Å². The molecule has 0 radical (unpaired) electrons. The van der Waals surface area contributed by atoms with E-state index in [-0.39, 0.29) is 12.4 Å². The summed E-state index contributed by atoms with van der Waals surface area (Å²) in [6.45, 7) is 2.06. The smallest absolute Gasteiger partial charge is 0.131 e. The minimum atomic E-state index is 0. The van der Waals surface area contributed by atoms with Gasteiger partial charge in [0.25, 0.3) is 0 Å². The molecule has 5 heteroatoms. The van der Waals surface area contributed by atoms with Crippen LogP contribution in [0.4, 0.5) is 17.2 Å². The highest BCUT2D eigenvalue weighted by atomic mass is 35.5. The van der Waals surface area contributed by atoms with E-state index in [1.807, 2.05) is 48.5 Å². The van der Waals surface area contributed by atoms with Crippen molar-refractivity contribution in [2.45, 2.75) is 6.92 Å². The van der Waals surface area contributed by atoms with Crippen molar-refractivity contribution in [2.24, 2.45) is 0 Å². The molecule has 22 heavy (non-hydrogen) atoms. The lowest BCUT2D eigenvalue weighted by Crippen LogP contribution is -1.96. The van der Waals surface area contributed by atoms with Gasteiger partial charge >= 0.3 is 0 Å². The molecule has 1 aromatic heterocycles. The fourth-order valence-corrected chi connectivity index (χ4v) is 2.30. The van der Waals surface area contributed by atoms with Crippen LogP contribution in [0, 0.1) is 6.92 Å². The Labute approximate surface area is 135 Å². The third-order valence-electron chi connectivity index (χ3n) is 3.40. The zero-order valence-electron chi connectivity index (χ0n) is 12.5. The lowest BCUT2D eigenvalue weighted by molar-refractivity contribution is 0.415. The highest BCUT2D eigenvalue weighted by Crippen LogP contribution is 2.25. The van der Waals surface area contributed by atoms with Gasteiger partial charge in [0.15, 0.2) is 0 Å². The largest absolute Gasteiger partial charge is 0.497 e. The SMILES string of the molecule is COc1ccc(Nc2cc(C)c3cc(N)ccc3n2)cc1.Cl. The van der Waals surface area contributed by atoms with Gasteiger partial charge in [0.2, 0.25) is 0 Å². The Morgan fingerprint density at radius 1 is 1.05 bits per heavy atom. The first-order valence-corrected chi connectivity index (χ1v) is 6.74. The molecule has 0 unspecified atom stereocenters. The number of ether oxygens (including phenoxy) is 1. The van der Waals surface area contributed by atoms with E-state index in [2.05, 4.69) is 17.2 Å². The number of rotatable bonds is 3. The molecule has 0 atom stereocenters. The molecule has 3 N–H and O–H groups in total. The van der Waals surface area contributed by atoms with E-state index in [0.29, 0.717) is 0 Å². The minimum absolute atomic E-state index is 0. The number of fused-ring (bicyclic) bond motifs is 1. The molecule has 0 aliphatic heterocycles. The van der Waals surface area contributed by atoms with Crippen molar-refractivity contribution >= 4 is 40.5 Å². The van der Waals surface area contributed by atoms with Crippen molar-refractivity contribution in [2.75, 3.05) is 18.2 Å². The number of aromatic nitrogens is 1. The van der Waals surface area contributed by atoms with Gasteiger partial charge in [0.1, 0.15) is 11.6 Å². The molecule has 0 aliphatic rings. The van der Waals surface area contributed by atoms with Crippen LogP contribution in [-0.2, 0) is 0 Å². The number of benzene rings is 2. The van der Waals surface area contributed by atoms with E-state index < -0.39 is 0 Å². The summed E-state index contributed by atoms with van der Waals surface area (Å²) in [5.74, 6) is 1.65. The maximum Gasteiger partial charge on any atom is 0.131 e. The highest BCUT2D eigenvalue weighted by molar-refractivity contribution is 5.87. The highest BCUT2D eigenvalue weighted by Gasteiger charge is 2.04. The van der Waals surface area contributed by atoms with Crippen molar-refractivity contribution < 1.29 is 4.74 Å². The Hall–Kier alpha value is -2.46. The number of pyridine rings is 1. The van der Waals surface area contributed by atoms with Crippen LogP contribution >= 0.6 is 12.4 Å². The summed E-state index contributed by atoms with van der Waals surface area (Å²) < 4.78 is 5.15. The van der Waals surface area contributed by atoms with E-state index in [1.165, 1.54) is 0 Å². The van der Waals surface area contributed by atoms with E-state index in [0.717, 1.165) is 39.4 Å². The Morgan fingerprint density at radius 3 is 2.45 bits per heavy atom. The van der Waals surface area contributed by atoms with E-state index in [4.69, 9.17) is 10.5 Å². The molecule has 0 spiro atoms. The van der Waals surface area contributed by atoms with Gasteiger partial charge in [-0.05, 0) is 61.0 Å². The van der Waals surface area contributed by atoms with Crippen LogP contribution in [0.25, 0.3) is 10.9 Å². The average Bonchev–Trinajstić information content (AvgIpc) is 2.49. The van der Waals surface area contributed by atoms with Crippen molar-refractivity contribution in [3.63, 3.8) is 0 Å². The fraction of sp³-hybridized carbons (Fsp3) is 0.118. The lowest BCUT2D eigenvalue weighted by atomic mass is 10.1. The minimum Gasteiger partial charge on any atom is -0.497 e. The van der Waals surface area contributed by atoms with Crippen LogP contribution in [0.3, 0.4) is 0 Å². The third-order valence-corrected chi connectivity index (χ3v) is 3.40. The van der Waals surface area contributed by atoms with Crippen LogP contribution in [0.2, 0.25) is 0 Å². The first-order valence-electron chi connectivity index (χ1n) is 6.74. The average molecular weight is 316 g/mol. The molecule has 3 aromatic rings. The van der Waals surface area contributed by atoms with Gasteiger partial charge in [-0.25, -0.2) is 4.98 Å². The first-order chi connectivity index (χ1) is 10.2. The van der Waals surface area contributed by atoms with E-state index in [1.54, 1.807) is 7.11 Å². The Balaban J connectivity index is 0.00000176. The summed E-state index contributed by atoms with van der Waals surface area (Å²) in [6, 6.07) is 15.5. The summed E-state index contributed by atoms with van der Waals surface area (Å²) in [5.41, 5.74) is 9.62. The molecule has 0 fully saturated rings.